The molecule has 3 nitrogen and oxygen atoms in total. The van der Waals surface area contributed by atoms with Crippen molar-refractivity contribution in [3.8, 4) is 0 Å². The lowest BCUT2D eigenvalue weighted by atomic mass is 9.91. The third-order valence-corrected chi connectivity index (χ3v) is 2.75. The van der Waals surface area contributed by atoms with Gasteiger partial charge in [0.1, 0.15) is 0 Å². The van der Waals surface area contributed by atoms with Gasteiger partial charge in [-0.05, 0) is 13.0 Å². The Morgan fingerprint density at radius 1 is 1.44 bits per heavy atom. The molecule has 0 spiro atoms. The van der Waals surface area contributed by atoms with Crippen LogP contribution < -0.4 is 10.6 Å². The Balaban J connectivity index is 2.64. The van der Waals surface area contributed by atoms with Gasteiger partial charge in [-0.25, -0.2) is 0 Å². The summed E-state index contributed by atoms with van der Waals surface area (Å²) >= 11 is 0. The predicted octanol–water partition coefficient (Wildman–Crippen LogP) is 1.30. The Bertz CT molecular complexity index is 253. The number of alkyl halides is 3. The molecule has 1 fully saturated rings. The smallest absolute Gasteiger partial charge is 0.351 e. The fourth-order valence-corrected chi connectivity index (χ4v) is 1.75. The van der Waals surface area contributed by atoms with Gasteiger partial charge in [-0.2, -0.15) is 13.2 Å². The minimum absolute atomic E-state index is 0.0204. The average molecular weight is 238 g/mol. The molecule has 1 rings (SSSR count). The Morgan fingerprint density at radius 2 is 2.06 bits per heavy atom. The standard InChI is InChI=1S/C10H17F3N2O/c1-6(2)9(16)15-8-5-14-4-3-7(8)10(11,12)13/h6-8,14H,3-5H2,1-2H3,(H,15,16). The van der Waals surface area contributed by atoms with Crippen LogP contribution in [0.5, 0.6) is 0 Å². The summed E-state index contributed by atoms with van der Waals surface area (Å²) in [5.41, 5.74) is 0. The van der Waals surface area contributed by atoms with Gasteiger partial charge >= 0.3 is 6.18 Å². The topological polar surface area (TPSA) is 41.1 Å². The van der Waals surface area contributed by atoms with Crippen LogP contribution >= 0.6 is 0 Å². The lowest BCUT2D eigenvalue weighted by Gasteiger charge is -2.34. The molecule has 0 saturated carbocycles. The lowest BCUT2D eigenvalue weighted by Crippen LogP contribution is -2.55. The molecule has 1 amide bonds. The maximum Gasteiger partial charge on any atom is 0.393 e. The van der Waals surface area contributed by atoms with Crippen LogP contribution in [0.25, 0.3) is 0 Å². The molecule has 0 bridgehead atoms. The molecule has 1 aliphatic heterocycles. The highest BCUT2D eigenvalue weighted by Crippen LogP contribution is 2.32. The molecule has 1 aliphatic rings. The minimum Gasteiger partial charge on any atom is -0.351 e. The number of amides is 1. The number of carbonyl (C=O) groups is 1. The SMILES string of the molecule is CC(C)C(=O)NC1CNCCC1C(F)(F)F. The second-order valence-corrected chi connectivity index (χ2v) is 4.41. The van der Waals surface area contributed by atoms with Crippen molar-refractivity contribution in [3.05, 3.63) is 0 Å². The van der Waals surface area contributed by atoms with E-state index in [9.17, 15) is 18.0 Å². The van der Waals surface area contributed by atoms with E-state index in [0.29, 0.717) is 6.54 Å². The van der Waals surface area contributed by atoms with Gasteiger partial charge in [0, 0.05) is 12.5 Å². The summed E-state index contributed by atoms with van der Waals surface area (Å²) in [5.74, 6) is -2.06. The van der Waals surface area contributed by atoms with E-state index in [2.05, 4.69) is 10.6 Å². The molecular weight excluding hydrogens is 221 g/mol. The van der Waals surface area contributed by atoms with Crippen LogP contribution in [-0.2, 0) is 4.79 Å². The fourth-order valence-electron chi connectivity index (χ4n) is 1.75. The highest BCUT2D eigenvalue weighted by molar-refractivity contribution is 5.78. The van der Waals surface area contributed by atoms with Crippen molar-refractivity contribution >= 4 is 5.91 Å². The zero-order valence-corrected chi connectivity index (χ0v) is 9.40. The van der Waals surface area contributed by atoms with Crippen LogP contribution in [0.3, 0.4) is 0 Å². The Hall–Kier alpha value is -0.780. The van der Waals surface area contributed by atoms with Crippen molar-refractivity contribution in [2.45, 2.75) is 32.5 Å². The summed E-state index contributed by atoms with van der Waals surface area (Å²) in [5, 5.41) is 5.32. The van der Waals surface area contributed by atoms with E-state index >= 15 is 0 Å². The zero-order chi connectivity index (χ0) is 12.3. The summed E-state index contributed by atoms with van der Waals surface area (Å²) in [6.07, 6.45) is -4.22. The first kappa shape index (κ1) is 13.3. The van der Waals surface area contributed by atoms with Gasteiger partial charge < -0.3 is 10.6 Å². The third-order valence-electron chi connectivity index (χ3n) is 2.75. The molecule has 2 N–H and O–H groups in total. The van der Waals surface area contributed by atoms with E-state index in [0.717, 1.165) is 0 Å². The van der Waals surface area contributed by atoms with E-state index in [-0.39, 0.29) is 24.8 Å². The normalized spacial score (nSPS) is 26.9. The molecule has 0 aromatic rings. The second kappa shape index (κ2) is 5.03. The number of rotatable bonds is 2. The highest BCUT2D eigenvalue weighted by atomic mass is 19.4. The Labute approximate surface area is 92.8 Å². The van der Waals surface area contributed by atoms with E-state index in [4.69, 9.17) is 0 Å². The molecule has 0 aromatic carbocycles. The first-order valence-electron chi connectivity index (χ1n) is 5.40. The number of hydrogen-bond acceptors (Lipinski definition) is 2. The maximum absolute atomic E-state index is 12.7. The van der Waals surface area contributed by atoms with Crippen molar-refractivity contribution in [2.75, 3.05) is 13.1 Å². The van der Waals surface area contributed by atoms with Crippen LogP contribution in [0.4, 0.5) is 13.2 Å². The van der Waals surface area contributed by atoms with Gasteiger partial charge in [0.25, 0.3) is 0 Å². The number of hydrogen-bond donors (Lipinski definition) is 2. The Kier molecular flexibility index (Phi) is 4.18. The molecule has 0 aliphatic carbocycles. The van der Waals surface area contributed by atoms with E-state index in [1.165, 1.54) is 0 Å². The Morgan fingerprint density at radius 3 is 2.56 bits per heavy atom. The third kappa shape index (κ3) is 3.37. The van der Waals surface area contributed by atoms with Crippen LogP contribution in [0, 0.1) is 11.8 Å². The molecule has 2 unspecified atom stereocenters. The van der Waals surface area contributed by atoms with Gasteiger partial charge in [-0.1, -0.05) is 13.8 Å². The second-order valence-electron chi connectivity index (χ2n) is 4.41. The predicted molar refractivity (Wildman–Crippen MR) is 53.8 cm³/mol. The molecule has 1 saturated heterocycles. The molecule has 2 atom stereocenters. The summed E-state index contributed by atoms with van der Waals surface area (Å²) in [6, 6.07) is -0.844. The van der Waals surface area contributed by atoms with Gasteiger partial charge in [0.2, 0.25) is 5.91 Å². The van der Waals surface area contributed by atoms with Crippen LogP contribution in [0.1, 0.15) is 20.3 Å². The molecule has 0 aromatic heterocycles. The van der Waals surface area contributed by atoms with Crippen molar-refractivity contribution in [1.82, 2.24) is 10.6 Å². The molecule has 16 heavy (non-hydrogen) atoms. The molecule has 6 heteroatoms. The van der Waals surface area contributed by atoms with Crippen molar-refractivity contribution in [1.29, 1.82) is 0 Å². The monoisotopic (exact) mass is 238 g/mol. The fraction of sp³-hybridized carbons (Fsp3) is 0.900. The number of halogens is 3. The van der Waals surface area contributed by atoms with Crippen molar-refractivity contribution in [3.63, 3.8) is 0 Å². The molecule has 94 valence electrons. The molecule has 1 heterocycles. The molecular formula is C10H17F3N2O. The number of piperidine rings is 1. The average Bonchev–Trinajstić information content (AvgIpc) is 2.16. The molecule has 0 radical (unpaired) electrons. The summed E-state index contributed by atoms with van der Waals surface area (Å²) in [6.45, 7) is 3.85. The van der Waals surface area contributed by atoms with Crippen LogP contribution in [0.2, 0.25) is 0 Å². The summed E-state index contributed by atoms with van der Waals surface area (Å²) in [7, 11) is 0. The van der Waals surface area contributed by atoms with Gasteiger partial charge in [0.15, 0.2) is 0 Å². The lowest BCUT2D eigenvalue weighted by molar-refractivity contribution is -0.187. The van der Waals surface area contributed by atoms with Crippen LogP contribution in [0.15, 0.2) is 0 Å². The van der Waals surface area contributed by atoms with Crippen molar-refractivity contribution < 1.29 is 18.0 Å². The zero-order valence-electron chi connectivity index (χ0n) is 9.40. The number of carbonyl (C=O) groups excluding carboxylic acids is 1. The van der Waals surface area contributed by atoms with Gasteiger partial charge in [0.05, 0.1) is 12.0 Å². The van der Waals surface area contributed by atoms with E-state index < -0.39 is 18.1 Å². The first-order chi connectivity index (χ1) is 7.32. The quantitative estimate of drug-likeness (QED) is 0.761. The summed E-state index contributed by atoms with van der Waals surface area (Å²) in [4.78, 5) is 11.4. The number of nitrogens with one attached hydrogen (secondary N) is 2. The largest absolute Gasteiger partial charge is 0.393 e. The van der Waals surface area contributed by atoms with Gasteiger partial charge in [-0.3, -0.25) is 4.79 Å². The highest BCUT2D eigenvalue weighted by Gasteiger charge is 2.46. The summed E-state index contributed by atoms with van der Waals surface area (Å²) < 4.78 is 38.0. The van der Waals surface area contributed by atoms with E-state index in [1.807, 2.05) is 0 Å². The van der Waals surface area contributed by atoms with E-state index in [1.54, 1.807) is 13.8 Å². The van der Waals surface area contributed by atoms with Crippen molar-refractivity contribution in [2.24, 2.45) is 11.8 Å². The maximum atomic E-state index is 12.7. The van der Waals surface area contributed by atoms with Crippen LogP contribution in [-0.4, -0.2) is 31.2 Å². The minimum atomic E-state index is -4.24. The first-order valence-corrected chi connectivity index (χ1v) is 5.40. The van der Waals surface area contributed by atoms with Gasteiger partial charge in [-0.15, -0.1) is 0 Å².